The van der Waals surface area contributed by atoms with E-state index in [-0.39, 0.29) is 5.82 Å². The summed E-state index contributed by atoms with van der Waals surface area (Å²) in [5.41, 5.74) is 1.63. The van der Waals surface area contributed by atoms with Gasteiger partial charge < -0.3 is 19.7 Å². The number of hydrogen-bond donors (Lipinski definition) is 1. The number of anilines is 3. The number of halogens is 1. The van der Waals surface area contributed by atoms with Crippen LogP contribution in [0.3, 0.4) is 0 Å². The van der Waals surface area contributed by atoms with Crippen LogP contribution in [0.5, 0.6) is 0 Å². The third kappa shape index (κ3) is 3.57. The molecule has 2 aliphatic heterocycles. The smallest absolute Gasteiger partial charge is 0.229 e. The molecular formula is C18H21FN4O2. The molecule has 1 N–H and O–H groups in total. The normalized spacial score (nSPS) is 19.4. The SMILES string of the molecule is Cc1cc(N2CCC3(CC2)OCCO3)nc(Nc2ccc(F)cc2)n1. The van der Waals surface area contributed by atoms with Gasteiger partial charge in [0, 0.05) is 43.4 Å². The van der Waals surface area contributed by atoms with Gasteiger partial charge in [-0.15, -0.1) is 0 Å². The second kappa shape index (κ2) is 6.57. The van der Waals surface area contributed by atoms with E-state index in [9.17, 15) is 4.39 Å². The van der Waals surface area contributed by atoms with Gasteiger partial charge in [-0.3, -0.25) is 0 Å². The summed E-state index contributed by atoms with van der Waals surface area (Å²) in [6.07, 6.45) is 1.66. The van der Waals surface area contributed by atoms with E-state index in [4.69, 9.17) is 9.47 Å². The third-order valence-electron chi connectivity index (χ3n) is 4.60. The Labute approximate surface area is 146 Å². The molecule has 25 heavy (non-hydrogen) atoms. The summed E-state index contributed by atoms with van der Waals surface area (Å²) < 4.78 is 24.6. The molecule has 2 fully saturated rings. The molecule has 1 aromatic carbocycles. The highest BCUT2D eigenvalue weighted by Gasteiger charge is 2.40. The summed E-state index contributed by atoms with van der Waals surface area (Å²) in [4.78, 5) is 11.3. The van der Waals surface area contributed by atoms with Crippen molar-refractivity contribution in [2.75, 3.05) is 36.5 Å². The Morgan fingerprint density at radius 1 is 1.08 bits per heavy atom. The second-order valence-electron chi connectivity index (χ2n) is 6.42. The van der Waals surface area contributed by atoms with E-state index in [2.05, 4.69) is 20.2 Å². The lowest BCUT2D eigenvalue weighted by Gasteiger charge is -2.38. The van der Waals surface area contributed by atoms with Crippen LogP contribution in [0, 0.1) is 12.7 Å². The predicted octanol–water partition coefficient (Wildman–Crippen LogP) is 3.01. The molecule has 4 rings (SSSR count). The Balaban J connectivity index is 1.49. The highest BCUT2D eigenvalue weighted by atomic mass is 19.1. The van der Waals surface area contributed by atoms with Gasteiger partial charge in [0.15, 0.2) is 5.79 Å². The lowest BCUT2D eigenvalue weighted by atomic mass is 10.0. The van der Waals surface area contributed by atoms with Gasteiger partial charge in [-0.2, -0.15) is 4.98 Å². The molecule has 7 heteroatoms. The summed E-state index contributed by atoms with van der Waals surface area (Å²) in [5.74, 6) is 0.725. The molecular weight excluding hydrogens is 323 g/mol. The zero-order valence-corrected chi connectivity index (χ0v) is 14.2. The standard InChI is InChI=1S/C18H21FN4O2/c1-13-12-16(23-8-6-18(7-9-23)24-10-11-25-18)22-17(20-13)21-15-4-2-14(19)3-5-15/h2-5,12H,6-11H2,1H3,(H,20,21,22). The van der Waals surface area contributed by atoms with E-state index < -0.39 is 5.79 Å². The maximum absolute atomic E-state index is 13.0. The molecule has 2 aliphatic rings. The largest absolute Gasteiger partial charge is 0.356 e. The first-order chi connectivity index (χ1) is 12.1. The Bertz CT molecular complexity index is 737. The molecule has 0 bridgehead atoms. The summed E-state index contributed by atoms with van der Waals surface area (Å²) in [7, 11) is 0. The first kappa shape index (κ1) is 16.2. The molecule has 0 unspecified atom stereocenters. The fourth-order valence-electron chi connectivity index (χ4n) is 3.29. The highest BCUT2D eigenvalue weighted by Crippen LogP contribution is 2.33. The molecule has 0 atom stereocenters. The van der Waals surface area contributed by atoms with Crippen molar-refractivity contribution in [2.24, 2.45) is 0 Å². The van der Waals surface area contributed by atoms with Crippen LogP contribution in [-0.4, -0.2) is 42.1 Å². The Morgan fingerprint density at radius 3 is 2.44 bits per heavy atom. The highest BCUT2D eigenvalue weighted by molar-refractivity contribution is 5.55. The summed E-state index contributed by atoms with van der Waals surface area (Å²) in [6.45, 7) is 4.95. The molecule has 3 heterocycles. The maximum atomic E-state index is 13.0. The van der Waals surface area contributed by atoms with Gasteiger partial charge in [0.05, 0.1) is 13.2 Å². The van der Waals surface area contributed by atoms with Crippen molar-refractivity contribution in [1.29, 1.82) is 0 Å². The van der Waals surface area contributed by atoms with E-state index in [0.717, 1.165) is 43.1 Å². The molecule has 0 amide bonds. The van der Waals surface area contributed by atoms with Gasteiger partial charge >= 0.3 is 0 Å². The van der Waals surface area contributed by atoms with Crippen molar-refractivity contribution in [2.45, 2.75) is 25.6 Å². The molecule has 0 radical (unpaired) electrons. The number of rotatable bonds is 3. The molecule has 2 saturated heterocycles. The van der Waals surface area contributed by atoms with Crippen molar-refractivity contribution in [1.82, 2.24) is 9.97 Å². The zero-order chi connectivity index (χ0) is 17.3. The average Bonchev–Trinajstić information content (AvgIpc) is 3.05. The van der Waals surface area contributed by atoms with Gasteiger partial charge in [-0.1, -0.05) is 0 Å². The van der Waals surface area contributed by atoms with Crippen LogP contribution in [0.2, 0.25) is 0 Å². The number of hydrogen-bond acceptors (Lipinski definition) is 6. The minimum Gasteiger partial charge on any atom is -0.356 e. The van der Waals surface area contributed by atoms with E-state index in [0.29, 0.717) is 19.2 Å². The molecule has 0 saturated carbocycles. The Hall–Kier alpha value is -2.25. The van der Waals surface area contributed by atoms with E-state index >= 15 is 0 Å². The van der Waals surface area contributed by atoms with Crippen LogP contribution in [0.4, 0.5) is 21.8 Å². The van der Waals surface area contributed by atoms with Crippen LogP contribution in [0.25, 0.3) is 0 Å². The van der Waals surface area contributed by atoms with Crippen LogP contribution in [0.1, 0.15) is 18.5 Å². The first-order valence-electron chi connectivity index (χ1n) is 8.53. The van der Waals surface area contributed by atoms with Crippen LogP contribution < -0.4 is 10.2 Å². The van der Waals surface area contributed by atoms with Gasteiger partial charge in [-0.05, 0) is 31.2 Å². The minimum atomic E-state index is -0.395. The maximum Gasteiger partial charge on any atom is 0.229 e. The monoisotopic (exact) mass is 344 g/mol. The number of ether oxygens (including phenoxy) is 2. The van der Waals surface area contributed by atoms with Crippen LogP contribution in [0.15, 0.2) is 30.3 Å². The van der Waals surface area contributed by atoms with Gasteiger partial charge in [0.1, 0.15) is 11.6 Å². The summed E-state index contributed by atoms with van der Waals surface area (Å²) >= 11 is 0. The lowest BCUT2D eigenvalue weighted by Crippen LogP contribution is -2.45. The topological polar surface area (TPSA) is 59.5 Å². The molecule has 1 aromatic heterocycles. The Morgan fingerprint density at radius 2 is 1.76 bits per heavy atom. The fourth-order valence-corrected chi connectivity index (χ4v) is 3.29. The van der Waals surface area contributed by atoms with Crippen molar-refractivity contribution in [3.63, 3.8) is 0 Å². The van der Waals surface area contributed by atoms with Gasteiger partial charge in [0.25, 0.3) is 0 Å². The van der Waals surface area contributed by atoms with E-state index in [1.165, 1.54) is 12.1 Å². The number of nitrogens with one attached hydrogen (secondary N) is 1. The third-order valence-corrected chi connectivity index (χ3v) is 4.60. The van der Waals surface area contributed by atoms with Crippen molar-refractivity contribution in [3.8, 4) is 0 Å². The van der Waals surface area contributed by atoms with Crippen molar-refractivity contribution >= 4 is 17.5 Å². The second-order valence-corrected chi connectivity index (χ2v) is 6.42. The van der Waals surface area contributed by atoms with Gasteiger partial charge in [0.2, 0.25) is 5.95 Å². The molecule has 6 nitrogen and oxygen atoms in total. The molecule has 1 spiro atoms. The van der Waals surface area contributed by atoms with E-state index in [1.54, 1.807) is 12.1 Å². The molecule has 0 aliphatic carbocycles. The number of benzene rings is 1. The fraction of sp³-hybridized carbons (Fsp3) is 0.444. The summed E-state index contributed by atoms with van der Waals surface area (Å²) in [5, 5.41) is 3.14. The summed E-state index contributed by atoms with van der Waals surface area (Å²) in [6, 6.07) is 8.12. The van der Waals surface area contributed by atoms with Gasteiger partial charge in [-0.25, -0.2) is 9.37 Å². The first-order valence-corrected chi connectivity index (χ1v) is 8.53. The molecule has 2 aromatic rings. The van der Waals surface area contributed by atoms with Crippen LogP contribution >= 0.6 is 0 Å². The number of aryl methyl sites for hydroxylation is 1. The minimum absolute atomic E-state index is 0.269. The Kier molecular flexibility index (Phi) is 4.27. The number of aromatic nitrogens is 2. The van der Waals surface area contributed by atoms with Crippen molar-refractivity contribution in [3.05, 3.63) is 41.8 Å². The zero-order valence-electron chi connectivity index (χ0n) is 14.2. The number of piperidine rings is 1. The number of nitrogens with zero attached hydrogens (tertiary/aromatic N) is 3. The van der Waals surface area contributed by atoms with Crippen molar-refractivity contribution < 1.29 is 13.9 Å². The van der Waals surface area contributed by atoms with Crippen LogP contribution in [-0.2, 0) is 9.47 Å². The van der Waals surface area contributed by atoms with E-state index in [1.807, 2.05) is 13.0 Å². The average molecular weight is 344 g/mol. The predicted molar refractivity (Wildman–Crippen MR) is 92.5 cm³/mol. The lowest BCUT2D eigenvalue weighted by molar-refractivity contribution is -0.169. The molecule has 132 valence electrons. The quantitative estimate of drug-likeness (QED) is 0.924.